The number of hydrogen-bond donors (Lipinski definition) is 0. The first-order valence-corrected chi connectivity index (χ1v) is 10.2. The summed E-state index contributed by atoms with van der Waals surface area (Å²) in [7, 11) is 3.19. The highest BCUT2D eigenvalue weighted by Gasteiger charge is 2.57. The first-order valence-electron chi connectivity index (χ1n) is 10.2. The van der Waals surface area contributed by atoms with Crippen LogP contribution < -0.4 is 18.9 Å². The summed E-state index contributed by atoms with van der Waals surface area (Å²) in [5.41, 5.74) is -1.02. The number of ether oxygens (including phenoxy) is 4. The molecular weight excluding hydrogens is 384 g/mol. The van der Waals surface area contributed by atoms with Crippen molar-refractivity contribution in [3.8, 4) is 23.0 Å². The number of hydrogen-bond acceptors (Lipinski definition) is 6. The molecular formula is C24H26O6. The van der Waals surface area contributed by atoms with E-state index in [0.717, 1.165) is 0 Å². The lowest BCUT2D eigenvalue weighted by Gasteiger charge is -2.50. The molecule has 2 bridgehead atoms. The standard InChI is InChI=1S/C24H26O6/c1-27-17-3-7-19(8-4-17)29-21(25)23-11-14-24(15-12-23,16-13-23)22(26)30-20-9-5-18(28-2)6-10-20/h3-10H,11-16H2,1-2H3. The third kappa shape index (κ3) is 3.74. The number of fused-ring (bicyclic) bond motifs is 3. The zero-order valence-corrected chi connectivity index (χ0v) is 17.3. The van der Waals surface area contributed by atoms with Crippen molar-refractivity contribution in [2.24, 2.45) is 10.8 Å². The Labute approximate surface area is 176 Å². The minimum atomic E-state index is -0.512. The molecule has 0 aromatic heterocycles. The lowest BCUT2D eigenvalue weighted by Crippen LogP contribution is -2.51. The molecule has 0 N–H and O–H groups in total. The fourth-order valence-electron chi connectivity index (χ4n) is 4.52. The number of benzene rings is 2. The fourth-order valence-corrected chi connectivity index (χ4v) is 4.52. The molecule has 30 heavy (non-hydrogen) atoms. The molecule has 0 atom stereocenters. The predicted octanol–water partition coefficient (Wildman–Crippen LogP) is 4.56. The van der Waals surface area contributed by atoms with E-state index in [2.05, 4.69) is 0 Å². The van der Waals surface area contributed by atoms with Gasteiger partial charge in [-0.3, -0.25) is 9.59 Å². The van der Waals surface area contributed by atoms with Crippen LogP contribution in [-0.4, -0.2) is 26.2 Å². The van der Waals surface area contributed by atoms with Gasteiger partial charge in [-0.05, 0) is 87.1 Å². The predicted molar refractivity (Wildman–Crippen MR) is 110 cm³/mol. The van der Waals surface area contributed by atoms with Crippen molar-refractivity contribution < 1.29 is 28.5 Å². The van der Waals surface area contributed by atoms with Crippen molar-refractivity contribution in [3.05, 3.63) is 48.5 Å². The van der Waals surface area contributed by atoms with Crippen LogP contribution in [0.2, 0.25) is 0 Å². The molecule has 2 aromatic rings. The maximum Gasteiger partial charge on any atom is 0.317 e. The Bertz CT molecular complexity index is 814. The van der Waals surface area contributed by atoms with Crippen LogP contribution in [0.3, 0.4) is 0 Å². The second kappa shape index (κ2) is 8.01. The van der Waals surface area contributed by atoms with Gasteiger partial charge in [-0.2, -0.15) is 0 Å². The molecule has 0 radical (unpaired) electrons. The van der Waals surface area contributed by atoms with Crippen LogP contribution in [0.5, 0.6) is 23.0 Å². The van der Waals surface area contributed by atoms with Gasteiger partial charge in [0.2, 0.25) is 0 Å². The minimum Gasteiger partial charge on any atom is -0.497 e. The van der Waals surface area contributed by atoms with E-state index in [1.807, 2.05) is 0 Å². The van der Waals surface area contributed by atoms with Crippen LogP contribution in [0.4, 0.5) is 0 Å². The Hall–Kier alpha value is -3.02. The second-order valence-corrected chi connectivity index (χ2v) is 8.19. The molecule has 3 aliphatic rings. The quantitative estimate of drug-likeness (QED) is 0.514. The average Bonchev–Trinajstić information content (AvgIpc) is 2.81. The summed E-state index contributed by atoms with van der Waals surface area (Å²) in [6.07, 6.45) is 3.83. The van der Waals surface area contributed by atoms with E-state index in [4.69, 9.17) is 18.9 Å². The molecule has 0 spiro atoms. The van der Waals surface area contributed by atoms with Gasteiger partial charge in [0.25, 0.3) is 0 Å². The molecule has 3 fully saturated rings. The van der Waals surface area contributed by atoms with Crippen LogP contribution in [0.25, 0.3) is 0 Å². The molecule has 5 rings (SSSR count). The van der Waals surface area contributed by atoms with Gasteiger partial charge >= 0.3 is 11.9 Å². The zero-order valence-electron chi connectivity index (χ0n) is 17.3. The van der Waals surface area contributed by atoms with Gasteiger partial charge in [0.1, 0.15) is 23.0 Å². The van der Waals surface area contributed by atoms with Crippen molar-refractivity contribution in [1.29, 1.82) is 0 Å². The normalized spacial score (nSPS) is 24.7. The number of methoxy groups -OCH3 is 2. The zero-order chi connectivity index (χ0) is 21.2. The van der Waals surface area contributed by atoms with Gasteiger partial charge in [-0.1, -0.05) is 0 Å². The summed E-state index contributed by atoms with van der Waals surface area (Å²) in [6, 6.07) is 14.0. The molecule has 0 amide bonds. The maximum absolute atomic E-state index is 12.9. The summed E-state index contributed by atoms with van der Waals surface area (Å²) in [5, 5.41) is 0. The highest BCUT2D eigenvalue weighted by Crippen LogP contribution is 2.57. The fraction of sp³-hybridized carbons (Fsp3) is 0.417. The van der Waals surface area contributed by atoms with Crippen LogP contribution in [0.1, 0.15) is 38.5 Å². The summed E-state index contributed by atoms with van der Waals surface area (Å²) in [5.74, 6) is 2.04. The van der Waals surface area contributed by atoms with E-state index in [0.29, 0.717) is 61.5 Å². The van der Waals surface area contributed by atoms with E-state index >= 15 is 0 Å². The van der Waals surface area contributed by atoms with Crippen LogP contribution in [-0.2, 0) is 9.59 Å². The number of carbonyl (C=O) groups is 2. The van der Waals surface area contributed by atoms with Crippen molar-refractivity contribution in [2.45, 2.75) is 38.5 Å². The molecule has 6 heteroatoms. The summed E-state index contributed by atoms with van der Waals surface area (Å²) in [4.78, 5) is 25.9. The highest BCUT2D eigenvalue weighted by atomic mass is 16.5. The Morgan fingerprint density at radius 1 is 0.567 bits per heavy atom. The van der Waals surface area contributed by atoms with Gasteiger partial charge in [-0.25, -0.2) is 0 Å². The van der Waals surface area contributed by atoms with E-state index in [9.17, 15) is 9.59 Å². The number of esters is 2. The molecule has 0 unspecified atom stereocenters. The Kier molecular flexibility index (Phi) is 5.41. The number of rotatable bonds is 6. The van der Waals surface area contributed by atoms with Crippen molar-refractivity contribution in [3.63, 3.8) is 0 Å². The highest BCUT2D eigenvalue weighted by molar-refractivity contribution is 5.83. The maximum atomic E-state index is 12.9. The molecule has 3 aliphatic carbocycles. The third-order valence-electron chi connectivity index (χ3n) is 6.65. The first-order chi connectivity index (χ1) is 14.5. The van der Waals surface area contributed by atoms with Crippen molar-refractivity contribution >= 4 is 11.9 Å². The minimum absolute atomic E-state index is 0.204. The van der Waals surface area contributed by atoms with Crippen LogP contribution in [0, 0.1) is 10.8 Å². The molecule has 0 saturated heterocycles. The van der Waals surface area contributed by atoms with E-state index in [-0.39, 0.29) is 11.9 Å². The Morgan fingerprint density at radius 2 is 0.833 bits per heavy atom. The summed E-state index contributed by atoms with van der Waals surface area (Å²) < 4.78 is 21.6. The van der Waals surface area contributed by atoms with Crippen LogP contribution >= 0.6 is 0 Å². The summed E-state index contributed by atoms with van der Waals surface area (Å²) >= 11 is 0. The Balaban J connectivity index is 1.38. The van der Waals surface area contributed by atoms with E-state index in [1.54, 1.807) is 62.8 Å². The van der Waals surface area contributed by atoms with Crippen LogP contribution in [0.15, 0.2) is 48.5 Å². The largest absolute Gasteiger partial charge is 0.497 e. The molecule has 6 nitrogen and oxygen atoms in total. The van der Waals surface area contributed by atoms with E-state index in [1.165, 1.54) is 0 Å². The van der Waals surface area contributed by atoms with E-state index < -0.39 is 10.8 Å². The second-order valence-electron chi connectivity index (χ2n) is 8.19. The van der Waals surface area contributed by atoms with Gasteiger partial charge < -0.3 is 18.9 Å². The molecule has 2 aromatic carbocycles. The molecule has 0 aliphatic heterocycles. The Morgan fingerprint density at radius 3 is 1.10 bits per heavy atom. The van der Waals surface area contributed by atoms with Gasteiger partial charge in [0.15, 0.2) is 0 Å². The lowest BCUT2D eigenvalue weighted by atomic mass is 9.53. The first kappa shape index (κ1) is 20.3. The topological polar surface area (TPSA) is 71.1 Å². The lowest BCUT2D eigenvalue weighted by molar-refractivity contribution is -0.167. The van der Waals surface area contributed by atoms with Gasteiger partial charge in [-0.15, -0.1) is 0 Å². The molecule has 0 heterocycles. The van der Waals surface area contributed by atoms with Gasteiger partial charge in [0, 0.05) is 0 Å². The summed E-state index contributed by atoms with van der Waals surface area (Å²) in [6.45, 7) is 0. The smallest absolute Gasteiger partial charge is 0.317 e. The number of carbonyl (C=O) groups excluding carboxylic acids is 2. The monoisotopic (exact) mass is 410 g/mol. The van der Waals surface area contributed by atoms with Gasteiger partial charge in [0.05, 0.1) is 25.0 Å². The van der Waals surface area contributed by atoms with Crippen molar-refractivity contribution in [1.82, 2.24) is 0 Å². The molecule has 3 saturated carbocycles. The van der Waals surface area contributed by atoms with Crippen molar-refractivity contribution in [2.75, 3.05) is 14.2 Å². The average molecular weight is 410 g/mol. The third-order valence-corrected chi connectivity index (χ3v) is 6.65. The molecule has 158 valence electrons. The SMILES string of the molecule is COc1ccc(OC(=O)C23CCC(C(=O)Oc4ccc(OC)cc4)(CC2)CC3)cc1.